The molecule has 0 spiro atoms. The molecule has 1 amide bonds. The van der Waals surface area contributed by atoms with Gasteiger partial charge in [-0.25, -0.2) is 4.79 Å². The number of amides is 1. The summed E-state index contributed by atoms with van der Waals surface area (Å²) in [6.07, 6.45) is 1.23. The Kier molecular flexibility index (Phi) is 7.13. The highest BCUT2D eigenvalue weighted by Gasteiger charge is 2.03. The number of aliphatic carboxylic acids is 1. The fraction of sp³-hybridized carbons (Fsp3) is 0.429. The van der Waals surface area contributed by atoms with Crippen LogP contribution in [0.25, 0.3) is 0 Å². The molecule has 6 heteroatoms. The first-order valence-corrected chi connectivity index (χ1v) is 6.44. The van der Waals surface area contributed by atoms with Gasteiger partial charge in [0, 0.05) is 12.3 Å². The molecule has 0 aromatic heterocycles. The topological polar surface area (TPSA) is 84.9 Å². The SMILES string of the molecule is CCCOCCC(=O)Nc1ccc(OCC(=O)O)cc1. The molecule has 2 N–H and O–H groups in total. The summed E-state index contributed by atoms with van der Waals surface area (Å²) in [5.41, 5.74) is 0.633. The Morgan fingerprint density at radius 1 is 1.20 bits per heavy atom. The second kappa shape index (κ2) is 8.92. The largest absolute Gasteiger partial charge is 0.482 e. The van der Waals surface area contributed by atoms with Crippen molar-refractivity contribution in [1.29, 1.82) is 0 Å². The number of anilines is 1. The highest BCUT2D eigenvalue weighted by atomic mass is 16.5. The Labute approximate surface area is 117 Å². The normalized spacial score (nSPS) is 10.1. The first-order chi connectivity index (χ1) is 9.61. The molecule has 6 nitrogen and oxygen atoms in total. The Morgan fingerprint density at radius 3 is 2.50 bits per heavy atom. The second-order valence-electron chi connectivity index (χ2n) is 4.12. The fourth-order valence-corrected chi connectivity index (χ4v) is 1.41. The zero-order valence-electron chi connectivity index (χ0n) is 11.4. The number of nitrogens with one attached hydrogen (secondary N) is 1. The molecule has 0 saturated heterocycles. The van der Waals surface area contributed by atoms with Crippen molar-refractivity contribution in [1.82, 2.24) is 0 Å². The van der Waals surface area contributed by atoms with Gasteiger partial charge in [-0.1, -0.05) is 6.92 Å². The number of carbonyl (C=O) groups is 2. The van der Waals surface area contributed by atoms with Gasteiger partial charge in [-0.05, 0) is 30.7 Å². The number of carboxylic acid groups (broad SMARTS) is 1. The minimum atomic E-state index is -1.03. The van der Waals surface area contributed by atoms with Crippen molar-refractivity contribution in [2.45, 2.75) is 19.8 Å². The lowest BCUT2D eigenvalue weighted by Crippen LogP contribution is -2.14. The predicted molar refractivity (Wildman–Crippen MR) is 73.9 cm³/mol. The monoisotopic (exact) mass is 281 g/mol. The van der Waals surface area contributed by atoms with Gasteiger partial charge < -0.3 is 19.9 Å². The highest BCUT2D eigenvalue weighted by Crippen LogP contribution is 2.15. The van der Waals surface area contributed by atoms with Crippen LogP contribution < -0.4 is 10.1 Å². The molecule has 20 heavy (non-hydrogen) atoms. The van der Waals surface area contributed by atoms with E-state index in [9.17, 15) is 9.59 Å². The summed E-state index contributed by atoms with van der Waals surface area (Å²) in [5.74, 6) is -0.716. The molecule has 0 unspecified atom stereocenters. The number of rotatable bonds is 9. The van der Waals surface area contributed by atoms with Crippen LogP contribution in [0.3, 0.4) is 0 Å². The minimum absolute atomic E-state index is 0.125. The zero-order valence-corrected chi connectivity index (χ0v) is 11.4. The van der Waals surface area contributed by atoms with E-state index >= 15 is 0 Å². The second-order valence-corrected chi connectivity index (χ2v) is 4.12. The van der Waals surface area contributed by atoms with Crippen LogP contribution in [0.5, 0.6) is 5.75 Å². The summed E-state index contributed by atoms with van der Waals surface area (Å²) in [7, 11) is 0. The van der Waals surface area contributed by atoms with E-state index in [4.69, 9.17) is 14.6 Å². The van der Waals surface area contributed by atoms with Crippen LogP contribution in [-0.4, -0.2) is 36.8 Å². The van der Waals surface area contributed by atoms with Gasteiger partial charge in [-0.15, -0.1) is 0 Å². The number of carbonyl (C=O) groups excluding carboxylic acids is 1. The Bertz CT molecular complexity index is 430. The Morgan fingerprint density at radius 2 is 1.90 bits per heavy atom. The van der Waals surface area contributed by atoms with Crippen molar-refractivity contribution < 1.29 is 24.2 Å². The lowest BCUT2D eigenvalue weighted by molar-refractivity contribution is -0.139. The predicted octanol–water partition coefficient (Wildman–Crippen LogP) is 1.91. The van der Waals surface area contributed by atoms with E-state index in [1.165, 1.54) is 0 Å². The quantitative estimate of drug-likeness (QED) is 0.675. The Hall–Kier alpha value is -2.08. The van der Waals surface area contributed by atoms with Gasteiger partial charge >= 0.3 is 5.97 Å². The van der Waals surface area contributed by atoms with E-state index in [1.807, 2.05) is 6.92 Å². The zero-order chi connectivity index (χ0) is 14.8. The van der Waals surface area contributed by atoms with Crippen molar-refractivity contribution in [3.63, 3.8) is 0 Å². The maximum Gasteiger partial charge on any atom is 0.341 e. The molecule has 0 atom stereocenters. The van der Waals surface area contributed by atoms with E-state index < -0.39 is 5.97 Å². The molecule has 0 saturated carbocycles. The number of benzene rings is 1. The maximum atomic E-state index is 11.6. The lowest BCUT2D eigenvalue weighted by Gasteiger charge is -2.07. The molecule has 0 fully saturated rings. The van der Waals surface area contributed by atoms with Crippen LogP contribution in [0.2, 0.25) is 0 Å². The average Bonchev–Trinajstić information content (AvgIpc) is 2.43. The van der Waals surface area contributed by atoms with E-state index in [1.54, 1.807) is 24.3 Å². The van der Waals surface area contributed by atoms with Crippen LogP contribution in [0, 0.1) is 0 Å². The third-order valence-electron chi connectivity index (χ3n) is 2.32. The van der Waals surface area contributed by atoms with Crippen molar-refractivity contribution in [2.75, 3.05) is 25.1 Å². The van der Waals surface area contributed by atoms with Gasteiger partial charge in [0.1, 0.15) is 5.75 Å². The van der Waals surface area contributed by atoms with Crippen molar-refractivity contribution in [2.24, 2.45) is 0 Å². The van der Waals surface area contributed by atoms with E-state index in [-0.39, 0.29) is 12.5 Å². The van der Waals surface area contributed by atoms with E-state index in [0.717, 1.165) is 6.42 Å². The molecule has 0 heterocycles. The van der Waals surface area contributed by atoms with Crippen LogP contribution in [0.15, 0.2) is 24.3 Å². The molecule has 1 rings (SSSR count). The standard InChI is InChI=1S/C14H19NO5/c1-2-8-19-9-7-13(16)15-11-3-5-12(6-4-11)20-10-14(17)18/h3-6H,2,7-10H2,1H3,(H,15,16)(H,17,18). The number of carboxylic acids is 1. The summed E-state index contributed by atoms with van der Waals surface area (Å²) in [6, 6.07) is 6.52. The van der Waals surface area contributed by atoms with Gasteiger partial charge in [0.15, 0.2) is 6.61 Å². The van der Waals surface area contributed by atoms with Crippen LogP contribution >= 0.6 is 0 Å². The molecule has 1 aromatic carbocycles. The van der Waals surface area contributed by atoms with Gasteiger partial charge in [0.2, 0.25) is 5.91 Å². The van der Waals surface area contributed by atoms with Crippen molar-refractivity contribution >= 4 is 17.6 Å². The summed E-state index contributed by atoms with van der Waals surface area (Å²) in [6.45, 7) is 2.68. The van der Waals surface area contributed by atoms with E-state index in [0.29, 0.717) is 31.1 Å². The molecule has 0 aliphatic carbocycles. The first-order valence-electron chi connectivity index (χ1n) is 6.44. The molecule has 110 valence electrons. The van der Waals surface area contributed by atoms with Gasteiger partial charge in [0.05, 0.1) is 13.0 Å². The van der Waals surface area contributed by atoms with Crippen molar-refractivity contribution in [3.05, 3.63) is 24.3 Å². The average molecular weight is 281 g/mol. The highest BCUT2D eigenvalue weighted by molar-refractivity contribution is 5.90. The van der Waals surface area contributed by atoms with E-state index in [2.05, 4.69) is 5.32 Å². The molecule has 0 aliphatic rings. The molecule has 0 radical (unpaired) electrons. The van der Waals surface area contributed by atoms with Gasteiger partial charge in [-0.2, -0.15) is 0 Å². The fourth-order valence-electron chi connectivity index (χ4n) is 1.41. The third-order valence-corrected chi connectivity index (χ3v) is 2.32. The number of ether oxygens (including phenoxy) is 2. The molecule has 1 aromatic rings. The van der Waals surface area contributed by atoms with Crippen LogP contribution in [-0.2, 0) is 14.3 Å². The summed E-state index contributed by atoms with van der Waals surface area (Å²) < 4.78 is 10.2. The number of hydrogen-bond acceptors (Lipinski definition) is 4. The van der Waals surface area contributed by atoms with Crippen LogP contribution in [0.1, 0.15) is 19.8 Å². The van der Waals surface area contributed by atoms with Gasteiger partial charge in [0.25, 0.3) is 0 Å². The summed E-state index contributed by atoms with van der Waals surface area (Å²) in [5, 5.41) is 11.2. The smallest absolute Gasteiger partial charge is 0.341 e. The molecule has 0 bridgehead atoms. The Balaban J connectivity index is 2.33. The molecular formula is C14H19NO5. The minimum Gasteiger partial charge on any atom is -0.482 e. The maximum absolute atomic E-state index is 11.6. The first kappa shape index (κ1) is 16.0. The molecule has 0 aliphatic heterocycles. The summed E-state index contributed by atoms with van der Waals surface area (Å²) >= 11 is 0. The van der Waals surface area contributed by atoms with Crippen molar-refractivity contribution in [3.8, 4) is 5.75 Å². The summed E-state index contributed by atoms with van der Waals surface area (Å²) in [4.78, 5) is 21.9. The third kappa shape index (κ3) is 6.75. The lowest BCUT2D eigenvalue weighted by atomic mass is 10.3. The van der Waals surface area contributed by atoms with Crippen LogP contribution in [0.4, 0.5) is 5.69 Å². The number of hydrogen-bond donors (Lipinski definition) is 2. The molecular weight excluding hydrogens is 262 g/mol. The van der Waals surface area contributed by atoms with Gasteiger partial charge in [-0.3, -0.25) is 4.79 Å².